The third-order valence-corrected chi connectivity index (χ3v) is 6.53. The quantitative estimate of drug-likeness (QED) is 0.445. The number of carbonyl (C=O) groups excluding carboxylic acids is 2. The van der Waals surface area contributed by atoms with Gasteiger partial charge in [0.2, 0.25) is 0 Å². The molecule has 4 aromatic rings. The predicted molar refractivity (Wildman–Crippen MR) is 140 cm³/mol. The van der Waals surface area contributed by atoms with Gasteiger partial charge in [0, 0.05) is 38.3 Å². The Morgan fingerprint density at radius 1 is 0.806 bits per heavy atom. The molecule has 0 bridgehead atoms. The lowest BCUT2D eigenvalue weighted by Crippen LogP contribution is -2.48. The number of amides is 2. The minimum Gasteiger partial charge on any atom is -0.336 e. The van der Waals surface area contributed by atoms with Gasteiger partial charge in [0.25, 0.3) is 11.8 Å². The van der Waals surface area contributed by atoms with Gasteiger partial charge in [-0.2, -0.15) is 5.10 Å². The fraction of sp³-hybridized carbons (Fsp3) is 0.207. The summed E-state index contributed by atoms with van der Waals surface area (Å²) in [4.78, 5) is 31.0. The summed E-state index contributed by atoms with van der Waals surface area (Å²) in [6, 6.07) is 27.3. The molecule has 0 unspecified atom stereocenters. The number of para-hydroxylation sites is 1. The largest absolute Gasteiger partial charge is 0.336 e. The number of hydrogen-bond acceptors (Lipinski definition) is 4. The summed E-state index contributed by atoms with van der Waals surface area (Å²) >= 11 is 0. The van der Waals surface area contributed by atoms with Crippen molar-refractivity contribution >= 4 is 17.6 Å². The number of hydrogen-bond donors (Lipinski definition) is 1. The zero-order valence-corrected chi connectivity index (χ0v) is 20.3. The fourth-order valence-electron chi connectivity index (χ4n) is 4.51. The molecule has 0 aliphatic carbocycles. The Morgan fingerprint density at radius 2 is 1.44 bits per heavy atom. The van der Waals surface area contributed by atoms with Gasteiger partial charge in [0.15, 0.2) is 0 Å². The van der Waals surface area contributed by atoms with Crippen LogP contribution in [0.3, 0.4) is 0 Å². The van der Waals surface area contributed by atoms with Crippen LogP contribution in [0.4, 0.5) is 5.82 Å². The van der Waals surface area contributed by atoms with E-state index in [-0.39, 0.29) is 11.8 Å². The monoisotopic (exact) mass is 479 g/mol. The van der Waals surface area contributed by atoms with Crippen molar-refractivity contribution in [3.63, 3.8) is 0 Å². The zero-order chi connectivity index (χ0) is 24.9. The molecule has 1 N–H and O–H groups in total. The van der Waals surface area contributed by atoms with Crippen molar-refractivity contribution in [1.82, 2.24) is 19.6 Å². The van der Waals surface area contributed by atoms with Crippen molar-refractivity contribution in [2.24, 2.45) is 0 Å². The van der Waals surface area contributed by atoms with Crippen molar-refractivity contribution in [3.05, 3.63) is 113 Å². The van der Waals surface area contributed by atoms with E-state index in [1.807, 2.05) is 78.6 Å². The molecule has 5 rings (SSSR count). The van der Waals surface area contributed by atoms with E-state index in [9.17, 15) is 9.59 Å². The molecule has 7 heteroatoms. The predicted octanol–water partition coefficient (Wildman–Crippen LogP) is 4.39. The van der Waals surface area contributed by atoms with Crippen LogP contribution >= 0.6 is 0 Å². The van der Waals surface area contributed by atoms with Gasteiger partial charge in [-0.15, -0.1) is 0 Å². The molecule has 3 aromatic carbocycles. The Kier molecular flexibility index (Phi) is 6.91. The highest BCUT2D eigenvalue weighted by molar-refractivity contribution is 6.09. The van der Waals surface area contributed by atoms with Crippen LogP contribution in [0, 0.1) is 6.92 Å². The van der Waals surface area contributed by atoms with Crippen LogP contribution in [0.15, 0.2) is 91.1 Å². The molecular weight excluding hydrogens is 450 g/mol. The van der Waals surface area contributed by atoms with E-state index in [1.165, 1.54) is 5.56 Å². The topological polar surface area (TPSA) is 70.5 Å². The zero-order valence-electron chi connectivity index (χ0n) is 20.3. The maximum atomic E-state index is 13.6. The average molecular weight is 480 g/mol. The highest BCUT2D eigenvalue weighted by Crippen LogP contribution is 2.24. The average Bonchev–Trinajstić information content (AvgIpc) is 3.33. The number of piperazine rings is 1. The molecular formula is C29H29N5O2. The maximum absolute atomic E-state index is 13.6. The molecule has 7 nitrogen and oxygen atoms in total. The molecule has 36 heavy (non-hydrogen) atoms. The molecule has 182 valence electrons. The summed E-state index contributed by atoms with van der Waals surface area (Å²) in [5.74, 6) is -0.0182. The summed E-state index contributed by atoms with van der Waals surface area (Å²) in [6.45, 7) is 5.58. The van der Waals surface area contributed by atoms with Crippen LogP contribution in [0.25, 0.3) is 5.69 Å². The molecule has 2 heterocycles. The molecule has 1 fully saturated rings. The van der Waals surface area contributed by atoms with Crippen molar-refractivity contribution < 1.29 is 9.59 Å². The van der Waals surface area contributed by atoms with E-state index in [2.05, 4.69) is 27.4 Å². The number of nitrogens with zero attached hydrogens (tertiary/aromatic N) is 4. The molecule has 1 aliphatic rings. The third-order valence-electron chi connectivity index (χ3n) is 6.53. The van der Waals surface area contributed by atoms with Crippen molar-refractivity contribution in [3.8, 4) is 5.69 Å². The van der Waals surface area contributed by atoms with Crippen LogP contribution in [-0.2, 0) is 6.54 Å². The lowest BCUT2D eigenvalue weighted by Gasteiger charge is -2.34. The van der Waals surface area contributed by atoms with Gasteiger partial charge in [-0.3, -0.25) is 14.5 Å². The smallest absolute Gasteiger partial charge is 0.259 e. The van der Waals surface area contributed by atoms with E-state index in [0.29, 0.717) is 30.0 Å². The summed E-state index contributed by atoms with van der Waals surface area (Å²) in [5.41, 5.74) is 3.85. The number of aromatic nitrogens is 2. The molecule has 0 atom stereocenters. The van der Waals surface area contributed by atoms with E-state index >= 15 is 0 Å². The Bertz CT molecular complexity index is 1340. The molecule has 0 radical (unpaired) electrons. The summed E-state index contributed by atoms with van der Waals surface area (Å²) in [7, 11) is 0. The minimum absolute atomic E-state index is 0.128. The van der Waals surface area contributed by atoms with Crippen molar-refractivity contribution in [2.75, 3.05) is 31.5 Å². The summed E-state index contributed by atoms with van der Waals surface area (Å²) < 4.78 is 1.62. The van der Waals surface area contributed by atoms with Gasteiger partial charge in [-0.1, -0.05) is 66.7 Å². The number of rotatable bonds is 6. The van der Waals surface area contributed by atoms with Gasteiger partial charge in [0.1, 0.15) is 11.4 Å². The lowest BCUT2D eigenvalue weighted by molar-refractivity contribution is 0.0629. The van der Waals surface area contributed by atoms with Crippen LogP contribution in [0.1, 0.15) is 31.8 Å². The van der Waals surface area contributed by atoms with Crippen molar-refractivity contribution in [2.45, 2.75) is 13.5 Å². The van der Waals surface area contributed by atoms with E-state index in [1.54, 1.807) is 16.9 Å². The minimum atomic E-state index is -0.271. The van der Waals surface area contributed by atoms with Gasteiger partial charge in [-0.25, -0.2) is 4.68 Å². The molecule has 1 aromatic heterocycles. The molecule has 2 amide bonds. The first-order valence-electron chi connectivity index (χ1n) is 12.2. The Balaban J connectivity index is 1.37. The first-order chi connectivity index (χ1) is 17.6. The van der Waals surface area contributed by atoms with Gasteiger partial charge in [0.05, 0.1) is 11.9 Å². The van der Waals surface area contributed by atoms with E-state index in [4.69, 9.17) is 0 Å². The number of carbonyl (C=O) groups is 2. The van der Waals surface area contributed by atoms with E-state index in [0.717, 1.165) is 30.9 Å². The Morgan fingerprint density at radius 3 is 2.14 bits per heavy atom. The van der Waals surface area contributed by atoms with Crippen LogP contribution in [0.2, 0.25) is 0 Å². The SMILES string of the molecule is Cc1ccccc1C(=O)Nc1c(C(=O)N2CCN(Cc3ccccc3)CC2)cnn1-c1ccccc1. The first-order valence-corrected chi connectivity index (χ1v) is 12.2. The first kappa shape index (κ1) is 23.5. The summed E-state index contributed by atoms with van der Waals surface area (Å²) in [6.07, 6.45) is 1.55. The molecule has 0 spiro atoms. The second-order valence-electron chi connectivity index (χ2n) is 8.98. The maximum Gasteiger partial charge on any atom is 0.259 e. The molecule has 0 saturated carbocycles. The number of anilines is 1. The number of aryl methyl sites for hydroxylation is 1. The lowest BCUT2D eigenvalue weighted by atomic mass is 10.1. The van der Waals surface area contributed by atoms with Crippen LogP contribution < -0.4 is 5.32 Å². The van der Waals surface area contributed by atoms with Crippen LogP contribution in [-0.4, -0.2) is 57.6 Å². The second-order valence-corrected chi connectivity index (χ2v) is 8.98. The van der Waals surface area contributed by atoms with Gasteiger partial charge >= 0.3 is 0 Å². The normalized spacial score (nSPS) is 14.0. The second kappa shape index (κ2) is 10.6. The molecule has 1 aliphatic heterocycles. The highest BCUT2D eigenvalue weighted by atomic mass is 16.2. The van der Waals surface area contributed by atoms with Gasteiger partial charge < -0.3 is 10.2 Å². The fourth-order valence-corrected chi connectivity index (χ4v) is 4.51. The van der Waals surface area contributed by atoms with Crippen molar-refractivity contribution in [1.29, 1.82) is 0 Å². The molecule has 1 saturated heterocycles. The van der Waals surface area contributed by atoms with Gasteiger partial charge in [-0.05, 0) is 36.2 Å². The third kappa shape index (κ3) is 5.06. The Labute approximate surface area is 211 Å². The summed E-state index contributed by atoms with van der Waals surface area (Å²) in [5, 5.41) is 7.47. The van der Waals surface area contributed by atoms with E-state index < -0.39 is 0 Å². The number of benzene rings is 3. The van der Waals surface area contributed by atoms with Crippen LogP contribution in [0.5, 0.6) is 0 Å². The highest BCUT2D eigenvalue weighted by Gasteiger charge is 2.28. The standard InChI is InChI=1S/C29H29N5O2/c1-22-10-8-9-15-25(22)28(35)31-27-26(20-30-34(27)24-13-6-3-7-14-24)29(36)33-18-16-32(17-19-33)21-23-11-4-2-5-12-23/h2-15,20H,16-19,21H2,1H3,(H,31,35). The Hall–Kier alpha value is -4.23. The number of nitrogens with one attached hydrogen (secondary N) is 1.